The van der Waals surface area contributed by atoms with E-state index in [1.807, 2.05) is 59.2 Å². The van der Waals surface area contributed by atoms with Gasteiger partial charge in [0.1, 0.15) is 0 Å². The standard InChI is InChI=1S/C38H33N5O3/c1-36(2,3)30-19-31-39-20-25-18-29(23-10-6-5-7-11-23)32(40-33(25)43(31)41-30)24-14-16-26(17-15-24)38(21-37(4,46)22-38)42-34(44)27-12-8-9-13-28(27)35(42)45/h5-20,46H,21-22H2,1-4H3/t37-,38-. The van der Waals surface area contributed by atoms with Crippen molar-refractivity contribution in [2.45, 2.75) is 57.1 Å². The SMILES string of the molecule is CC(C)(C)c1cc2ncc3cc(-c4ccccc4)c(-c4ccc([C@]5(N6C(=O)c7ccccc7C6=O)C[C@](C)(O)C5)cc4)nc3n2n1. The molecule has 1 saturated carbocycles. The molecule has 8 rings (SSSR count). The Labute approximate surface area is 266 Å². The molecule has 8 heteroatoms. The number of hydrogen-bond acceptors (Lipinski definition) is 6. The van der Waals surface area contributed by atoms with E-state index in [2.05, 4.69) is 39.0 Å². The molecule has 3 aromatic heterocycles. The number of benzene rings is 3. The average Bonchev–Trinajstić information content (AvgIpc) is 3.59. The lowest BCUT2D eigenvalue weighted by atomic mass is 9.61. The van der Waals surface area contributed by atoms with E-state index in [1.54, 1.807) is 31.2 Å². The van der Waals surface area contributed by atoms with E-state index in [0.29, 0.717) is 16.8 Å². The molecular formula is C38H33N5O3. The second kappa shape index (κ2) is 9.64. The Morgan fingerprint density at radius 1 is 0.783 bits per heavy atom. The van der Waals surface area contributed by atoms with Gasteiger partial charge in [-0.2, -0.15) is 9.61 Å². The summed E-state index contributed by atoms with van der Waals surface area (Å²) in [4.78, 5) is 38.5. The van der Waals surface area contributed by atoms with Crippen LogP contribution in [0.5, 0.6) is 0 Å². The summed E-state index contributed by atoms with van der Waals surface area (Å²) in [6.45, 7) is 8.13. The van der Waals surface area contributed by atoms with Crippen LogP contribution < -0.4 is 0 Å². The lowest BCUT2D eigenvalue weighted by molar-refractivity contribution is -0.118. The van der Waals surface area contributed by atoms with Crippen molar-refractivity contribution in [1.82, 2.24) is 24.5 Å². The van der Waals surface area contributed by atoms with Gasteiger partial charge in [0.2, 0.25) is 0 Å². The number of pyridine rings is 1. The van der Waals surface area contributed by atoms with Gasteiger partial charge in [0.25, 0.3) is 11.8 Å². The zero-order valence-corrected chi connectivity index (χ0v) is 26.2. The number of aromatic nitrogens is 4. The topological polar surface area (TPSA) is 101 Å². The van der Waals surface area contributed by atoms with E-state index in [1.165, 1.54) is 4.90 Å². The molecule has 0 saturated heterocycles. The number of fused-ring (bicyclic) bond motifs is 4. The van der Waals surface area contributed by atoms with Crippen molar-refractivity contribution in [3.05, 3.63) is 120 Å². The maximum absolute atomic E-state index is 13.6. The largest absolute Gasteiger partial charge is 0.390 e. The van der Waals surface area contributed by atoms with Gasteiger partial charge in [0.15, 0.2) is 11.3 Å². The molecular weight excluding hydrogens is 574 g/mol. The summed E-state index contributed by atoms with van der Waals surface area (Å²) in [7, 11) is 0. The van der Waals surface area contributed by atoms with Crippen molar-refractivity contribution in [3.8, 4) is 22.4 Å². The molecule has 1 N–H and O–H groups in total. The maximum Gasteiger partial charge on any atom is 0.262 e. The van der Waals surface area contributed by atoms with Gasteiger partial charge in [-0.05, 0) is 36.2 Å². The second-order valence-corrected chi connectivity index (χ2v) is 13.9. The van der Waals surface area contributed by atoms with E-state index >= 15 is 0 Å². The highest BCUT2D eigenvalue weighted by atomic mass is 16.3. The van der Waals surface area contributed by atoms with E-state index < -0.39 is 11.1 Å². The number of imide groups is 1. The molecule has 8 nitrogen and oxygen atoms in total. The third-order valence-corrected chi connectivity index (χ3v) is 9.38. The second-order valence-electron chi connectivity index (χ2n) is 13.9. The lowest BCUT2D eigenvalue weighted by Crippen LogP contribution is -2.63. The van der Waals surface area contributed by atoms with Crippen LogP contribution in [0, 0.1) is 0 Å². The predicted molar refractivity (Wildman–Crippen MR) is 176 cm³/mol. The molecule has 2 aliphatic rings. The fraction of sp³-hybridized carbons (Fsp3) is 0.237. The molecule has 1 fully saturated rings. The molecule has 6 aromatic rings. The van der Waals surface area contributed by atoms with Gasteiger partial charge in [-0.25, -0.2) is 9.97 Å². The van der Waals surface area contributed by atoms with Crippen LogP contribution in [0.25, 0.3) is 39.1 Å². The predicted octanol–water partition coefficient (Wildman–Crippen LogP) is 6.95. The summed E-state index contributed by atoms with van der Waals surface area (Å²) in [6.07, 6.45) is 2.36. The summed E-state index contributed by atoms with van der Waals surface area (Å²) in [6, 6.07) is 29.1. The van der Waals surface area contributed by atoms with Crippen molar-refractivity contribution in [2.75, 3.05) is 0 Å². The fourth-order valence-electron chi connectivity index (χ4n) is 7.18. The van der Waals surface area contributed by atoms with Gasteiger partial charge < -0.3 is 5.11 Å². The first-order valence-electron chi connectivity index (χ1n) is 15.5. The molecule has 1 aliphatic carbocycles. The van der Waals surface area contributed by atoms with Gasteiger partial charge in [0.05, 0.1) is 33.7 Å². The summed E-state index contributed by atoms with van der Waals surface area (Å²) < 4.78 is 1.82. The molecule has 46 heavy (non-hydrogen) atoms. The fourth-order valence-corrected chi connectivity index (χ4v) is 7.18. The summed E-state index contributed by atoms with van der Waals surface area (Å²) >= 11 is 0. The molecule has 0 unspecified atom stereocenters. The van der Waals surface area contributed by atoms with Gasteiger partial charge in [-0.15, -0.1) is 0 Å². The number of rotatable bonds is 4. The van der Waals surface area contributed by atoms with Crippen molar-refractivity contribution in [1.29, 1.82) is 0 Å². The number of aliphatic hydroxyl groups is 1. The van der Waals surface area contributed by atoms with Gasteiger partial charge >= 0.3 is 0 Å². The molecule has 2 amide bonds. The van der Waals surface area contributed by atoms with Gasteiger partial charge in [-0.3, -0.25) is 14.5 Å². The van der Waals surface area contributed by atoms with Gasteiger partial charge in [-0.1, -0.05) is 87.5 Å². The maximum atomic E-state index is 13.6. The summed E-state index contributed by atoms with van der Waals surface area (Å²) in [5, 5.41) is 16.7. The molecule has 4 heterocycles. The highest BCUT2D eigenvalue weighted by Gasteiger charge is 2.60. The Morgan fingerprint density at radius 2 is 1.41 bits per heavy atom. The quantitative estimate of drug-likeness (QED) is 0.218. The van der Waals surface area contributed by atoms with Gasteiger partial charge in [0, 0.05) is 47.0 Å². The van der Waals surface area contributed by atoms with Crippen LogP contribution in [0.15, 0.2) is 97.2 Å². The van der Waals surface area contributed by atoms with Crippen LogP contribution in [0.1, 0.15) is 72.5 Å². The third-order valence-electron chi connectivity index (χ3n) is 9.38. The molecule has 0 spiro atoms. The Bertz CT molecular complexity index is 2170. The number of carbonyl (C=O) groups excluding carboxylic acids is 2. The minimum absolute atomic E-state index is 0.149. The highest BCUT2D eigenvalue weighted by molar-refractivity contribution is 6.22. The Hall–Kier alpha value is -5.21. The normalized spacial score (nSPS) is 21.2. The van der Waals surface area contributed by atoms with Crippen molar-refractivity contribution < 1.29 is 14.7 Å². The van der Waals surface area contributed by atoms with Crippen LogP contribution in [-0.2, 0) is 11.0 Å². The molecule has 1 aliphatic heterocycles. The lowest BCUT2D eigenvalue weighted by Gasteiger charge is -2.55. The highest BCUT2D eigenvalue weighted by Crippen LogP contribution is 2.54. The van der Waals surface area contributed by atoms with Crippen molar-refractivity contribution >= 4 is 28.5 Å². The molecule has 0 atom stereocenters. The van der Waals surface area contributed by atoms with Crippen LogP contribution in [0.4, 0.5) is 0 Å². The number of amides is 2. The Balaban J connectivity index is 1.27. The van der Waals surface area contributed by atoms with Crippen LogP contribution in [0.3, 0.4) is 0 Å². The van der Waals surface area contributed by atoms with Crippen molar-refractivity contribution in [2.24, 2.45) is 0 Å². The van der Waals surface area contributed by atoms with Crippen LogP contribution in [0.2, 0.25) is 0 Å². The minimum atomic E-state index is -0.997. The third kappa shape index (κ3) is 4.20. The first-order valence-corrected chi connectivity index (χ1v) is 15.5. The van der Waals surface area contributed by atoms with E-state index in [0.717, 1.165) is 44.7 Å². The average molecular weight is 608 g/mol. The van der Waals surface area contributed by atoms with E-state index in [9.17, 15) is 14.7 Å². The zero-order chi connectivity index (χ0) is 32.0. The monoisotopic (exact) mass is 607 g/mol. The zero-order valence-electron chi connectivity index (χ0n) is 26.2. The Morgan fingerprint density at radius 3 is 2.02 bits per heavy atom. The van der Waals surface area contributed by atoms with E-state index in [-0.39, 0.29) is 30.1 Å². The van der Waals surface area contributed by atoms with E-state index in [4.69, 9.17) is 15.1 Å². The van der Waals surface area contributed by atoms with Crippen LogP contribution in [-0.4, -0.2) is 47.0 Å². The molecule has 3 aromatic carbocycles. The summed E-state index contributed by atoms with van der Waals surface area (Å²) in [5.41, 5.74) is 5.50. The molecule has 0 radical (unpaired) electrons. The summed E-state index contributed by atoms with van der Waals surface area (Å²) in [5.74, 6) is -0.650. The smallest absolute Gasteiger partial charge is 0.262 e. The number of hydrogen-bond donors (Lipinski definition) is 1. The minimum Gasteiger partial charge on any atom is -0.390 e. The first kappa shape index (κ1) is 28.3. The molecule has 0 bridgehead atoms. The first-order chi connectivity index (χ1) is 22.0. The molecule has 228 valence electrons. The van der Waals surface area contributed by atoms with Crippen molar-refractivity contribution in [3.63, 3.8) is 0 Å². The Kier molecular flexibility index (Phi) is 5.93. The number of nitrogens with zero attached hydrogens (tertiary/aromatic N) is 5. The van der Waals surface area contributed by atoms with Crippen LogP contribution >= 0.6 is 0 Å². The number of carbonyl (C=O) groups is 2.